The van der Waals surface area contributed by atoms with Gasteiger partial charge in [0.2, 0.25) is 0 Å². The summed E-state index contributed by atoms with van der Waals surface area (Å²) >= 11 is 0. The molecule has 1 aliphatic rings. The van der Waals surface area contributed by atoms with Crippen LogP contribution >= 0.6 is 0 Å². The molecule has 0 atom stereocenters. The molecule has 15 heavy (non-hydrogen) atoms. The highest BCUT2D eigenvalue weighted by molar-refractivity contribution is 5.82. The van der Waals surface area contributed by atoms with E-state index in [9.17, 15) is 0 Å². The van der Waals surface area contributed by atoms with Crippen molar-refractivity contribution in [3.8, 4) is 0 Å². The Balaban J connectivity index is 1.82. The van der Waals surface area contributed by atoms with Crippen molar-refractivity contribution in [1.82, 2.24) is 15.3 Å². The van der Waals surface area contributed by atoms with E-state index in [4.69, 9.17) is 4.84 Å². The van der Waals surface area contributed by atoms with E-state index in [0.717, 1.165) is 24.6 Å². The van der Waals surface area contributed by atoms with Gasteiger partial charge in [0.15, 0.2) is 6.10 Å². The van der Waals surface area contributed by atoms with E-state index in [1.165, 1.54) is 0 Å². The van der Waals surface area contributed by atoms with Crippen LogP contribution in [-0.2, 0) is 11.3 Å². The predicted octanol–water partition coefficient (Wildman–Crippen LogP) is 0.383. The topological polar surface area (TPSA) is 59.4 Å². The maximum Gasteiger partial charge on any atom is 0.152 e. The molecule has 0 aromatic carbocycles. The highest BCUT2D eigenvalue weighted by atomic mass is 16.6. The van der Waals surface area contributed by atoms with Crippen molar-refractivity contribution >= 4 is 5.71 Å². The molecule has 1 N–H and O–H groups in total. The van der Waals surface area contributed by atoms with Crippen LogP contribution in [0, 0.1) is 0 Å². The minimum absolute atomic E-state index is 0.233. The lowest BCUT2D eigenvalue weighted by Gasteiger charge is -2.24. The molecule has 1 aromatic rings. The molecule has 0 radical (unpaired) electrons. The summed E-state index contributed by atoms with van der Waals surface area (Å²) in [5.41, 5.74) is 0.896. The van der Waals surface area contributed by atoms with Crippen LogP contribution in [0.1, 0.15) is 12.7 Å². The Bertz CT molecular complexity index is 335. The average Bonchev–Trinajstić information content (AvgIpc) is 2.17. The van der Waals surface area contributed by atoms with Crippen molar-refractivity contribution in [3.63, 3.8) is 0 Å². The highest BCUT2D eigenvalue weighted by Gasteiger charge is 2.17. The van der Waals surface area contributed by atoms with Crippen molar-refractivity contribution in [2.75, 3.05) is 13.1 Å². The lowest BCUT2D eigenvalue weighted by atomic mass is 10.2. The Kier molecular flexibility index (Phi) is 3.24. The van der Waals surface area contributed by atoms with Crippen LogP contribution < -0.4 is 5.32 Å². The summed E-state index contributed by atoms with van der Waals surface area (Å²) in [6.07, 6.45) is 4.33. The maximum atomic E-state index is 5.28. The minimum Gasteiger partial charge on any atom is -0.390 e. The second kappa shape index (κ2) is 4.84. The number of aromatic nitrogens is 2. The molecule has 0 bridgehead atoms. The number of nitrogens with one attached hydrogen (secondary N) is 1. The zero-order valence-corrected chi connectivity index (χ0v) is 8.68. The Morgan fingerprint density at radius 1 is 1.53 bits per heavy atom. The van der Waals surface area contributed by atoms with Gasteiger partial charge in [0.25, 0.3) is 0 Å². The molecule has 0 spiro atoms. The first-order chi connectivity index (χ1) is 7.34. The van der Waals surface area contributed by atoms with Crippen molar-refractivity contribution in [1.29, 1.82) is 0 Å². The van der Waals surface area contributed by atoms with Crippen molar-refractivity contribution < 1.29 is 4.84 Å². The van der Waals surface area contributed by atoms with Gasteiger partial charge in [-0.2, -0.15) is 0 Å². The summed E-state index contributed by atoms with van der Waals surface area (Å²) in [5, 5.41) is 7.15. The third kappa shape index (κ3) is 2.99. The molecule has 1 fully saturated rings. The smallest absolute Gasteiger partial charge is 0.152 e. The van der Waals surface area contributed by atoms with Crippen LogP contribution in [0.25, 0.3) is 0 Å². The van der Waals surface area contributed by atoms with Gasteiger partial charge in [-0.1, -0.05) is 5.16 Å². The van der Waals surface area contributed by atoms with Gasteiger partial charge in [-0.05, 0) is 13.0 Å². The largest absolute Gasteiger partial charge is 0.390 e. The molecule has 1 saturated heterocycles. The second-order valence-corrected chi connectivity index (χ2v) is 3.55. The van der Waals surface area contributed by atoms with E-state index in [-0.39, 0.29) is 6.10 Å². The van der Waals surface area contributed by atoms with Crippen LogP contribution in [0.15, 0.2) is 23.6 Å². The lowest BCUT2D eigenvalue weighted by Crippen LogP contribution is -2.47. The van der Waals surface area contributed by atoms with Gasteiger partial charge in [0.1, 0.15) is 5.82 Å². The molecule has 0 amide bonds. The summed E-state index contributed by atoms with van der Waals surface area (Å²) in [5.74, 6) is 0.772. The maximum absolute atomic E-state index is 5.28. The molecule has 0 aliphatic carbocycles. The molecule has 1 aromatic heterocycles. The number of rotatable bonds is 4. The van der Waals surface area contributed by atoms with E-state index in [0.29, 0.717) is 6.42 Å². The summed E-state index contributed by atoms with van der Waals surface area (Å²) in [4.78, 5) is 13.5. The first-order valence-corrected chi connectivity index (χ1v) is 5.00. The molecule has 5 heteroatoms. The Labute approximate surface area is 88.6 Å². The number of hydrogen-bond acceptors (Lipinski definition) is 5. The minimum atomic E-state index is 0.233. The van der Waals surface area contributed by atoms with Gasteiger partial charge in [-0.25, -0.2) is 9.97 Å². The zero-order valence-electron chi connectivity index (χ0n) is 8.68. The van der Waals surface area contributed by atoms with Gasteiger partial charge in [0.05, 0.1) is 5.71 Å². The first kappa shape index (κ1) is 10.0. The molecule has 80 valence electrons. The van der Waals surface area contributed by atoms with Gasteiger partial charge in [0, 0.05) is 31.9 Å². The average molecular weight is 206 g/mol. The van der Waals surface area contributed by atoms with E-state index in [1.807, 2.05) is 6.92 Å². The number of nitrogens with zero attached hydrogens (tertiary/aromatic N) is 3. The van der Waals surface area contributed by atoms with Crippen LogP contribution in [0.5, 0.6) is 0 Å². The summed E-state index contributed by atoms with van der Waals surface area (Å²) in [6, 6.07) is 1.80. The Morgan fingerprint density at radius 3 is 2.87 bits per heavy atom. The van der Waals surface area contributed by atoms with Crippen molar-refractivity contribution in [2.24, 2.45) is 5.16 Å². The molecular weight excluding hydrogens is 192 g/mol. The highest BCUT2D eigenvalue weighted by Crippen LogP contribution is 2.00. The normalized spacial score (nSPS) is 17.3. The molecule has 0 saturated carbocycles. The standard InChI is InChI=1S/C10H14N4O/c1-8(14-15-9-6-11-7-9)5-10-12-3-2-4-13-10/h2-4,9,11H,5-7H2,1H3/b14-8-. The molecule has 2 heterocycles. The van der Waals surface area contributed by atoms with Gasteiger partial charge >= 0.3 is 0 Å². The zero-order chi connectivity index (χ0) is 10.5. The monoisotopic (exact) mass is 206 g/mol. The fourth-order valence-corrected chi connectivity index (χ4v) is 1.18. The lowest BCUT2D eigenvalue weighted by molar-refractivity contribution is 0.0227. The van der Waals surface area contributed by atoms with Crippen molar-refractivity contribution in [2.45, 2.75) is 19.4 Å². The van der Waals surface area contributed by atoms with E-state index < -0.39 is 0 Å². The van der Waals surface area contributed by atoms with E-state index in [2.05, 4.69) is 20.4 Å². The van der Waals surface area contributed by atoms with Crippen LogP contribution in [0.4, 0.5) is 0 Å². The Morgan fingerprint density at radius 2 is 2.27 bits per heavy atom. The second-order valence-electron chi connectivity index (χ2n) is 3.55. The number of oxime groups is 1. The Hall–Kier alpha value is -1.49. The molecule has 0 unspecified atom stereocenters. The summed E-state index contributed by atoms with van der Waals surface area (Å²) in [7, 11) is 0. The molecule has 2 rings (SSSR count). The van der Waals surface area contributed by atoms with Gasteiger partial charge < -0.3 is 10.2 Å². The molecule has 1 aliphatic heterocycles. The fraction of sp³-hybridized carbons (Fsp3) is 0.500. The van der Waals surface area contributed by atoms with E-state index in [1.54, 1.807) is 18.5 Å². The van der Waals surface area contributed by atoms with Crippen molar-refractivity contribution in [3.05, 3.63) is 24.3 Å². The third-order valence-corrected chi connectivity index (χ3v) is 2.13. The van der Waals surface area contributed by atoms with Crippen LogP contribution in [0.2, 0.25) is 0 Å². The summed E-state index contributed by atoms with van der Waals surface area (Å²) in [6.45, 7) is 3.69. The molecule has 5 nitrogen and oxygen atoms in total. The SMILES string of the molecule is C/C(Cc1ncccn1)=N/OC1CNC1. The quantitative estimate of drug-likeness (QED) is 0.571. The van der Waals surface area contributed by atoms with Crippen LogP contribution in [0.3, 0.4) is 0 Å². The first-order valence-electron chi connectivity index (χ1n) is 5.00. The van der Waals surface area contributed by atoms with E-state index >= 15 is 0 Å². The third-order valence-electron chi connectivity index (χ3n) is 2.13. The predicted molar refractivity (Wildman–Crippen MR) is 56.6 cm³/mol. The number of hydrogen-bond donors (Lipinski definition) is 1. The van der Waals surface area contributed by atoms with Crippen LogP contribution in [-0.4, -0.2) is 34.9 Å². The van der Waals surface area contributed by atoms with Gasteiger partial charge in [-0.15, -0.1) is 0 Å². The fourth-order valence-electron chi connectivity index (χ4n) is 1.18. The van der Waals surface area contributed by atoms with Gasteiger partial charge in [-0.3, -0.25) is 0 Å². The summed E-state index contributed by atoms with van der Waals surface area (Å²) < 4.78 is 0. The molecular formula is C10H14N4O.